The number of amides is 3. The number of anilines is 1. The average Bonchev–Trinajstić information content (AvgIpc) is 3.03. The van der Waals surface area contributed by atoms with E-state index in [0.29, 0.717) is 24.2 Å². The Morgan fingerprint density at radius 1 is 0.862 bits per heavy atom. The van der Waals surface area contributed by atoms with Gasteiger partial charge in [-0.1, -0.05) is 18.2 Å². The minimum atomic E-state index is -0.672. The fourth-order valence-electron chi connectivity index (χ4n) is 3.64. The summed E-state index contributed by atoms with van der Waals surface area (Å²) in [6.07, 6.45) is 3.03. The first kappa shape index (κ1) is 18.9. The van der Waals surface area contributed by atoms with E-state index < -0.39 is 17.8 Å². The van der Waals surface area contributed by atoms with Gasteiger partial charge in [-0.25, -0.2) is 9.69 Å². The van der Waals surface area contributed by atoms with Gasteiger partial charge in [0.2, 0.25) is 0 Å². The van der Waals surface area contributed by atoms with Gasteiger partial charge in [0.1, 0.15) is 0 Å². The summed E-state index contributed by atoms with van der Waals surface area (Å²) in [6, 6.07) is 12.7. The highest BCUT2D eigenvalue weighted by atomic mass is 16.5. The number of likely N-dealkylation sites (tertiary alicyclic amines) is 1. The number of fused-ring (bicyclic) bond motifs is 1. The van der Waals surface area contributed by atoms with E-state index in [1.54, 1.807) is 41.3 Å². The molecule has 0 radical (unpaired) electrons. The van der Waals surface area contributed by atoms with Crippen LogP contribution in [0.3, 0.4) is 0 Å². The number of hydrogen-bond acceptors (Lipinski definition) is 5. The normalized spacial score (nSPS) is 16.0. The molecule has 2 heterocycles. The second-order valence-corrected chi connectivity index (χ2v) is 7.06. The van der Waals surface area contributed by atoms with Crippen LogP contribution < -0.4 is 4.90 Å². The lowest BCUT2D eigenvalue weighted by atomic mass is 10.1. The molecule has 7 heteroatoms. The van der Waals surface area contributed by atoms with Crippen molar-refractivity contribution in [2.24, 2.45) is 0 Å². The second kappa shape index (κ2) is 7.87. The molecule has 4 rings (SSSR count). The minimum absolute atomic E-state index is 0.172. The number of imide groups is 1. The van der Waals surface area contributed by atoms with Gasteiger partial charge in [-0.15, -0.1) is 0 Å². The summed E-state index contributed by atoms with van der Waals surface area (Å²) >= 11 is 0. The molecule has 0 bridgehead atoms. The number of benzene rings is 2. The molecule has 1 fully saturated rings. The van der Waals surface area contributed by atoms with Crippen LogP contribution in [0.4, 0.5) is 5.69 Å². The summed E-state index contributed by atoms with van der Waals surface area (Å²) in [5.74, 6) is -1.75. The first-order valence-corrected chi connectivity index (χ1v) is 9.59. The molecule has 0 unspecified atom stereocenters. The summed E-state index contributed by atoms with van der Waals surface area (Å²) in [7, 11) is 0. The fraction of sp³-hybridized carbons (Fsp3) is 0.273. The Kier molecular flexibility index (Phi) is 5.12. The molecule has 2 aliphatic rings. The van der Waals surface area contributed by atoms with Crippen molar-refractivity contribution in [2.45, 2.75) is 19.3 Å². The van der Waals surface area contributed by atoms with E-state index in [0.717, 1.165) is 24.2 Å². The number of nitrogens with zero attached hydrogens (tertiary/aromatic N) is 2. The molecule has 2 aromatic rings. The van der Waals surface area contributed by atoms with Crippen LogP contribution in [-0.2, 0) is 9.53 Å². The summed E-state index contributed by atoms with van der Waals surface area (Å²) in [6.45, 7) is 1.05. The number of esters is 1. The quantitative estimate of drug-likeness (QED) is 0.590. The summed E-state index contributed by atoms with van der Waals surface area (Å²) in [5.41, 5.74) is 1.12. The zero-order valence-electron chi connectivity index (χ0n) is 15.8. The Hall–Kier alpha value is -3.48. The van der Waals surface area contributed by atoms with E-state index in [9.17, 15) is 19.2 Å². The van der Waals surface area contributed by atoms with E-state index in [1.807, 2.05) is 0 Å². The van der Waals surface area contributed by atoms with Crippen molar-refractivity contribution in [1.82, 2.24) is 4.90 Å². The van der Waals surface area contributed by atoms with Crippen molar-refractivity contribution < 1.29 is 23.9 Å². The van der Waals surface area contributed by atoms with E-state index in [1.165, 1.54) is 12.1 Å². The molecule has 0 N–H and O–H groups in total. The summed E-state index contributed by atoms with van der Waals surface area (Å²) < 4.78 is 5.16. The highest BCUT2D eigenvalue weighted by Gasteiger charge is 2.36. The van der Waals surface area contributed by atoms with Crippen molar-refractivity contribution in [1.29, 1.82) is 0 Å². The SMILES string of the molecule is O=C(OCC(=O)N1CCCCC1)c1cccc(N2C(=O)c3ccccc3C2=O)c1. The van der Waals surface area contributed by atoms with E-state index in [-0.39, 0.29) is 23.8 Å². The lowest BCUT2D eigenvalue weighted by Gasteiger charge is -2.26. The van der Waals surface area contributed by atoms with Crippen molar-refractivity contribution in [3.8, 4) is 0 Å². The van der Waals surface area contributed by atoms with Gasteiger partial charge in [0.05, 0.1) is 22.4 Å². The van der Waals surface area contributed by atoms with Crippen LogP contribution in [0.15, 0.2) is 48.5 Å². The van der Waals surface area contributed by atoms with Crippen molar-refractivity contribution in [2.75, 3.05) is 24.6 Å². The number of carbonyl (C=O) groups is 4. The third-order valence-corrected chi connectivity index (χ3v) is 5.17. The third kappa shape index (κ3) is 3.63. The van der Waals surface area contributed by atoms with E-state index in [4.69, 9.17) is 4.74 Å². The molecular weight excluding hydrogens is 372 g/mol. The van der Waals surface area contributed by atoms with Gasteiger partial charge in [-0.2, -0.15) is 0 Å². The first-order valence-electron chi connectivity index (χ1n) is 9.59. The maximum Gasteiger partial charge on any atom is 0.338 e. The number of ether oxygens (including phenoxy) is 1. The highest BCUT2D eigenvalue weighted by Crippen LogP contribution is 2.28. The van der Waals surface area contributed by atoms with Crippen LogP contribution in [-0.4, -0.2) is 48.3 Å². The Morgan fingerprint density at radius 2 is 1.52 bits per heavy atom. The van der Waals surface area contributed by atoms with Gasteiger partial charge in [0.25, 0.3) is 17.7 Å². The second-order valence-electron chi connectivity index (χ2n) is 7.06. The van der Waals surface area contributed by atoms with Gasteiger partial charge >= 0.3 is 5.97 Å². The average molecular weight is 392 g/mol. The predicted octanol–water partition coefficient (Wildman–Crippen LogP) is 2.66. The van der Waals surface area contributed by atoms with Crippen molar-refractivity contribution in [3.63, 3.8) is 0 Å². The van der Waals surface area contributed by atoms with Gasteiger partial charge < -0.3 is 9.64 Å². The van der Waals surface area contributed by atoms with E-state index >= 15 is 0 Å². The molecule has 2 aliphatic heterocycles. The van der Waals surface area contributed by atoms with Gasteiger partial charge in [0, 0.05) is 13.1 Å². The van der Waals surface area contributed by atoms with Crippen LogP contribution in [0.25, 0.3) is 0 Å². The third-order valence-electron chi connectivity index (χ3n) is 5.17. The number of rotatable bonds is 4. The Morgan fingerprint density at radius 3 is 2.17 bits per heavy atom. The van der Waals surface area contributed by atoms with E-state index in [2.05, 4.69) is 0 Å². The molecule has 1 saturated heterocycles. The number of piperidine rings is 1. The standard InChI is InChI=1S/C22H20N2O5/c25-19(23-11-4-1-5-12-23)14-29-22(28)15-7-6-8-16(13-15)24-20(26)17-9-2-3-10-18(17)21(24)27/h2-3,6-10,13H,1,4-5,11-12,14H2. The van der Waals surface area contributed by atoms with Crippen LogP contribution in [0.1, 0.15) is 50.3 Å². The van der Waals surface area contributed by atoms with Crippen LogP contribution in [0, 0.1) is 0 Å². The van der Waals surface area contributed by atoms with Crippen LogP contribution >= 0.6 is 0 Å². The highest BCUT2D eigenvalue weighted by molar-refractivity contribution is 6.34. The summed E-state index contributed by atoms with van der Waals surface area (Å²) in [4.78, 5) is 52.5. The van der Waals surface area contributed by atoms with Crippen molar-refractivity contribution in [3.05, 3.63) is 65.2 Å². The minimum Gasteiger partial charge on any atom is -0.452 e. The Balaban J connectivity index is 1.46. The Labute approximate surface area is 167 Å². The van der Waals surface area contributed by atoms with Gasteiger partial charge in [-0.3, -0.25) is 14.4 Å². The van der Waals surface area contributed by atoms with Crippen LogP contribution in [0.2, 0.25) is 0 Å². The molecule has 0 aromatic heterocycles. The molecule has 148 valence electrons. The first-order chi connectivity index (χ1) is 14.1. The maximum absolute atomic E-state index is 12.6. The molecule has 0 atom stereocenters. The lowest BCUT2D eigenvalue weighted by molar-refractivity contribution is -0.135. The van der Waals surface area contributed by atoms with Crippen molar-refractivity contribution >= 4 is 29.4 Å². The number of carbonyl (C=O) groups excluding carboxylic acids is 4. The predicted molar refractivity (Wildman–Crippen MR) is 105 cm³/mol. The maximum atomic E-state index is 12.6. The van der Waals surface area contributed by atoms with Gasteiger partial charge in [0.15, 0.2) is 6.61 Å². The zero-order valence-corrected chi connectivity index (χ0v) is 15.8. The summed E-state index contributed by atoms with van der Waals surface area (Å²) in [5, 5.41) is 0. The van der Waals surface area contributed by atoms with Gasteiger partial charge in [-0.05, 0) is 49.6 Å². The smallest absolute Gasteiger partial charge is 0.338 e. The molecular formula is C22H20N2O5. The molecule has 2 aromatic carbocycles. The monoisotopic (exact) mass is 392 g/mol. The molecule has 3 amide bonds. The fourth-order valence-corrected chi connectivity index (χ4v) is 3.64. The molecule has 7 nitrogen and oxygen atoms in total. The molecule has 0 spiro atoms. The molecule has 0 aliphatic carbocycles. The lowest BCUT2D eigenvalue weighted by Crippen LogP contribution is -2.38. The topological polar surface area (TPSA) is 84.0 Å². The van der Waals surface area contributed by atoms with Crippen LogP contribution in [0.5, 0.6) is 0 Å². The molecule has 29 heavy (non-hydrogen) atoms. The number of hydrogen-bond donors (Lipinski definition) is 0. The zero-order chi connectivity index (χ0) is 20.4. The Bertz CT molecular complexity index is 959. The largest absolute Gasteiger partial charge is 0.452 e. The molecule has 0 saturated carbocycles.